The number of pyridine rings is 1. The highest BCUT2D eigenvalue weighted by Crippen LogP contribution is 2.36. The Bertz CT molecular complexity index is 1050. The van der Waals surface area contributed by atoms with Crippen LogP contribution in [0.25, 0.3) is 10.9 Å². The van der Waals surface area contributed by atoms with Crippen LogP contribution < -0.4 is 24.8 Å². The number of anilines is 1. The fraction of sp³-hybridized carbons (Fsp3) is 0.190. The van der Waals surface area contributed by atoms with Gasteiger partial charge in [0, 0.05) is 23.3 Å². The molecule has 0 atom stereocenters. The van der Waals surface area contributed by atoms with Crippen LogP contribution in [0.4, 0.5) is 15.3 Å². The summed E-state index contributed by atoms with van der Waals surface area (Å²) < 4.78 is 21.3. The molecule has 0 fully saturated rings. The summed E-state index contributed by atoms with van der Waals surface area (Å²) in [4.78, 5) is 27.4. The molecule has 9 heteroatoms. The van der Waals surface area contributed by atoms with Crippen molar-refractivity contribution in [3.63, 3.8) is 0 Å². The third kappa shape index (κ3) is 4.88. The second kappa shape index (κ2) is 9.46. The van der Waals surface area contributed by atoms with E-state index in [2.05, 4.69) is 20.4 Å². The molecule has 1 heterocycles. The van der Waals surface area contributed by atoms with Gasteiger partial charge in [-0.15, -0.1) is 0 Å². The molecule has 0 saturated heterocycles. The lowest BCUT2D eigenvalue weighted by Gasteiger charge is -2.12. The molecule has 30 heavy (non-hydrogen) atoms. The van der Waals surface area contributed by atoms with Crippen molar-refractivity contribution in [2.24, 2.45) is 0 Å². The number of carbonyl (C=O) groups excluding carboxylic acids is 2. The van der Waals surface area contributed by atoms with Gasteiger partial charge in [0.1, 0.15) is 11.5 Å². The predicted molar refractivity (Wildman–Crippen MR) is 111 cm³/mol. The summed E-state index contributed by atoms with van der Waals surface area (Å²) in [6.45, 7) is 1.82. The minimum Gasteiger partial charge on any atom is -0.493 e. The lowest BCUT2D eigenvalue weighted by atomic mass is 10.2. The Morgan fingerprint density at radius 3 is 2.33 bits per heavy atom. The molecule has 0 aliphatic carbocycles. The Balaban J connectivity index is 1.74. The highest BCUT2D eigenvalue weighted by atomic mass is 16.5. The van der Waals surface area contributed by atoms with E-state index in [4.69, 9.17) is 14.2 Å². The van der Waals surface area contributed by atoms with Gasteiger partial charge < -0.3 is 24.3 Å². The quantitative estimate of drug-likeness (QED) is 0.622. The monoisotopic (exact) mass is 411 g/mol. The van der Waals surface area contributed by atoms with Crippen molar-refractivity contribution in [3.8, 4) is 23.0 Å². The van der Waals surface area contributed by atoms with E-state index in [1.807, 2.05) is 0 Å². The first-order valence-corrected chi connectivity index (χ1v) is 9.07. The third-order valence-electron chi connectivity index (χ3n) is 4.04. The third-order valence-corrected chi connectivity index (χ3v) is 4.04. The number of urea groups is 1. The largest absolute Gasteiger partial charge is 0.493 e. The van der Waals surface area contributed by atoms with Crippen molar-refractivity contribution in [3.05, 3.63) is 48.7 Å². The summed E-state index contributed by atoms with van der Waals surface area (Å²) in [5.74, 6) is 2.27. The molecule has 0 unspecified atom stereocenters. The van der Waals surface area contributed by atoms with Crippen molar-refractivity contribution >= 4 is 28.7 Å². The molecule has 2 aromatic carbocycles. The summed E-state index contributed by atoms with van der Waals surface area (Å²) in [7, 11) is 3.12. The van der Waals surface area contributed by atoms with E-state index in [1.54, 1.807) is 69.8 Å². The summed E-state index contributed by atoms with van der Waals surface area (Å²) in [5.41, 5.74) is 1.18. The number of methoxy groups -OCH3 is 2. The average molecular weight is 411 g/mol. The van der Waals surface area contributed by atoms with Gasteiger partial charge in [-0.1, -0.05) is 0 Å². The van der Waals surface area contributed by atoms with E-state index < -0.39 is 12.1 Å². The van der Waals surface area contributed by atoms with Crippen LogP contribution in [0.1, 0.15) is 6.92 Å². The van der Waals surface area contributed by atoms with Crippen molar-refractivity contribution < 1.29 is 28.5 Å². The van der Waals surface area contributed by atoms with Gasteiger partial charge in [-0.05, 0) is 43.3 Å². The second-order valence-electron chi connectivity index (χ2n) is 5.96. The zero-order valence-corrected chi connectivity index (χ0v) is 16.7. The van der Waals surface area contributed by atoms with Crippen LogP contribution in [-0.2, 0) is 4.74 Å². The van der Waals surface area contributed by atoms with E-state index in [-0.39, 0.29) is 6.61 Å². The zero-order chi connectivity index (χ0) is 21.5. The van der Waals surface area contributed by atoms with Crippen LogP contribution in [0.15, 0.2) is 48.7 Å². The molecule has 3 amide bonds. The number of ether oxygens (including phenoxy) is 4. The number of carbonyl (C=O) groups is 2. The number of hydrogen-bond donors (Lipinski definition) is 2. The van der Waals surface area contributed by atoms with Gasteiger partial charge in [-0.2, -0.15) is 0 Å². The molecule has 3 aromatic rings. The molecule has 156 valence electrons. The first-order valence-electron chi connectivity index (χ1n) is 9.07. The summed E-state index contributed by atoms with van der Waals surface area (Å²) in [6, 6.07) is 11.3. The fourth-order valence-electron chi connectivity index (χ4n) is 2.69. The number of amides is 3. The smallest absolute Gasteiger partial charge is 0.415 e. The van der Waals surface area contributed by atoms with Crippen molar-refractivity contribution in [1.29, 1.82) is 0 Å². The molecule has 0 spiro atoms. The molecule has 0 saturated carbocycles. The molecule has 0 bridgehead atoms. The van der Waals surface area contributed by atoms with Crippen LogP contribution in [0, 0.1) is 0 Å². The Kier molecular flexibility index (Phi) is 6.53. The summed E-state index contributed by atoms with van der Waals surface area (Å²) in [5, 5.41) is 5.34. The van der Waals surface area contributed by atoms with Gasteiger partial charge in [0.15, 0.2) is 11.5 Å². The molecule has 0 aliphatic rings. The number of nitrogens with one attached hydrogen (secondary N) is 2. The topological polar surface area (TPSA) is 108 Å². The normalized spacial score (nSPS) is 10.2. The first-order chi connectivity index (χ1) is 14.5. The Morgan fingerprint density at radius 1 is 0.967 bits per heavy atom. The second-order valence-corrected chi connectivity index (χ2v) is 5.96. The standard InChI is InChI=1S/C21H21N3O6/c1-4-29-21(26)24-20(25)23-13-5-7-14(8-6-13)30-17-9-10-22-16-12-19(28-3)18(27-2)11-15(16)17/h5-12H,4H2,1-3H3,(H2,23,24,25,26). The van der Waals surface area contributed by atoms with Crippen LogP contribution in [0.3, 0.4) is 0 Å². The summed E-state index contributed by atoms with van der Waals surface area (Å²) >= 11 is 0. The van der Waals surface area contributed by atoms with Crippen LogP contribution >= 0.6 is 0 Å². The maximum atomic E-state index is 11.7. The number of benzene rings is 2. The fourth-order valence-corrected chi connectivity index (χ4v) is 2.69. The molecule has 2 N–H and O–H groups in total. The predicted octanol–water partition coefficient (Wildman–Crippen LogP) is 4.32. The zero-order valence-electron chi connectivity index (χ0n) is 16.7. The van der Waals surface area contributed by atoms with Crippen LogP contribution in [-0.4, -0.2) is 37.9 Å². The Hall–Kier alpha value is -4.01. The minimum absolute atomic E-state index is 0.174. The van der Waals surface area contributed by atoms with Crippen molar-refractivity contribution in [2.45, 2.75) is 6.92 Å². The molecule has 1 aromatic heterocycles. The number of imide groups is 1. The number of rotatable bonds is 6. The maximum Gasteiger partial charge on any atom is 0.415 e. The number of aromatic nitrogens is 1. The SMILES string of the molecule is CCOC(=O)NC(=O)Nc1ccc(Oc2ccnc3cc(OC)c(OC)cc23)cc1. The molecule has 9 nitrogen and oxygen atoms in total. The molecule has 3 rings (SSSR count). The number of fused-ring (bicyclic) bond motifs is 1. The highest BCUT2D eigenvalue weighted by molar-refractivity contribution is 5.99. The molecular formula is C21H21N3O6. The van der Waals surface area contributed by atoms with Gasteiger partial charge in [0.2, 0.25) is 0 Å². The van der Waals surface area contributed by atoms with Gasteiger partial charge in [0.05, 0.1) is 26.3 Å². The number of nitrogens with zero attached hydrogens (tertiary/aromatic N) is 1. The number of alkyl carbamates (subject to hydrolysis) is 1. The minimum atomic E-state index is -0.813. The van der Waals surface area contributed by atoms with E-state index in [0.717, 1.165) is 5.39 Å². The van der Waals surface area contributed by atoms with E-state index >= 15 is 0 Å². The highest BCUT2D eigenvalue weighted by Gasteiger charge is 2.12. The summed E-state index contributed by atoms with van der Waals surface area (Å²) in [6.07, 6.45) is 0.825. The van der Waals surface area contributed by atoms with Gasteiger partial charge in [-0.25, -0.2) is 14.9 Å². The van der Waals surface area contributed by atoms with Gasteiger partial charge in [0.25, 0.3) is 0 Å². The van der Waals surface area contributed by atoms with Crippen molar-refractivity contribution in [2.75, 3.05) is 26.1 Å². The lowest BCUT2D eigenvalue weighted by molar-refractivity contribution is 0.154. The van der Waals surface area contributed by atoms with E-state index in [1.165, 1.54) is 0 Å². The molecule has 0 aliphatic heterocycles. The first kappa shape index (κ1) is 20.7. The van der Waals surface area contributed by atoms with Crippen LogP contribution in [0.5, 0.6) is 23.0 Å². The maximum absolute atomic E-state index is 11.7. The Labute approximate surface area is 172 Å². The molecular weight excluding hydrogens is 390 g/mol. The average Bonchev–Trinajstić information content (AvgIpc) is 2.74. The van der Waals surface area contributed by atoms with E-state index in [0.29, 0.717) is 34.2 Å². The molecule has 0 radical (unpaired) electrons. The van der Waals surface area contributed by atoms with Gasteiger partial charge >= 0.3 is 12.1 Å². The van der Waals surface area contributed by atoms with Crippen LogP contribution in [0.2, 0.25) is 0 Å². The lowest BCUT2D eigenvalue weighted by Crippen LogP contribution is -2.34. The van der Waals surface area contributed by atoms with Crippen molar-refractivity contribution in [1.82, 2.24) is 10.3 Å². The van der Waals surface area contributed by atoms with E-state index in [9.17, 15) is 9.59 Å². The Morgan fingerprint density at radius 2 is 1.67 bits per heavy atom. The number of hydrogen-bond acceptors (Lipinski definition) is 7. The van der Waals surface area contributed by atoms with Gasteiger partial charge in [-0.3, -0.25) is 4.98 Å².